The number of ether oxygens (including phenoxy) is 6. The number of hydrogen-bond acceptors (Lipinski definition) is 15. The van der Waals surface area contributed by atoms with E-state index in [1.807, 2.05) is 0 Å². The fourth-order valence-electron chi connectivity index (χ4n) is 7.13. The molecule has 0 aromatic heterocycles. The van der Waals surface area contributed by atoms with Crippen LogP contribution in [0.5, 0.6) is 0 Å². The van der Waals surface area contributed by atoms with E-state index in [1.54, 1.807) is 0 Å². The van der Waals surface area contributed by atoms with Crippen molar-refractivity contribution < 1.29 is 73.8 Å². The number of rotatable bonds is 35. The van der Waals surface area contributed by atoms with Gasteiger partial charge in [0.05, 0.1) is 19.8 Å². The van der Waals surface area contributed by atoms with Gasteiger partial charge in [-0.3, -0.25) is 9.59 Å². The third-order valence-corrected chi connectivity index (χ3v) is 11.1. The molecule has 11 unspecified atom stereocenters. The molecule has 2 rings (SSSR count). The fourth-order valence-corrected chi connectivity index (χ4v) is 7.13. The highest BCUT2D eigenvalue weighted by atomic mass is 16.7. The zero-order chi connectivity index (χ0) is 45.4. The van der Waals surface area contributed by atoms with E-state index in [0.717, 1.165) is 89.9 Å². The van der Waals surface area contributed by atoms with Crippen LogP contribution in [-0.2, 0) is 38.0 Å². The molecule has 2 aliphatic rings. The molecular weight excluding hydrogens is 805 g/mol. The number of esters is 2. The maximum absolute atomic E-state index is 12.9. The average molecular weight is 887 g/mol. The van der Waals surface area contributed by atoms with Crippen LogP contribution in [-0.4, -0.2) is 142 Å². The van der Waals surface area contributed by atoms with Gasteiger partial charge in [-0.2, -0.15) is 0 Å². The predicted molar refractivity (Wildman–Crippen MR) is 234 cm³/mol. The van der Waals surface area contributed by atoms with E-state index < -0.39 is 92.7 Å². The summed E-state index contributed by atoms with van der Waals surface area (Å²) in [4.78, 5) is 25.6. The molecule has 0 bridgehead atoms. The minimum absolute atomic E-state index is 0.147. The lowest BCUT2D eigenvalue weighted by Gasteiger charge is -2.42. The summed E-state index contributed by atoms with van der Waals surface area (Å²) in [5, 5.41) is 71.9. The van der Waals surface area contributed by atoms with E-state index in [9.17, 15) is 45.3 Å². The number of allylic oxidation sites excluding steroid dienone is 6. The van der Waals surface area contributed by atoms with Gasteiger partial charge in [-0.15, -0.1) is 0 Å². The van der Waals surface area contributed by atoms with Gasteiger partial charge in [-0.1, -0.05) is 115 Å². The second-order valence-electron chi connectivity index (χ2n) is 16.6. The van der Waals surface area contributed by atoms with Crippen molar-refractivity contribution in [3.05, 3.63) is 36.5 Å². The molecule has 15 heteroatoms. The topological polar surface area (TPSA) is 231 Å². The van der Waals surface area contributed by atoms with Gasteiger partial charge in [0.15, 0.2) is 18.7 Å². The lowest BCUT2D eigenvalue weighted by atomic mass is 9.98. The minimum atomic E-state index is -1.77. The van der Waals surface area contributed by atoms with Gasteiger partial charge in [-0.25, -0.2) is 0 Å². The molecule has 2 aliphatic heterocycles. The van der Waals surface area contributed by atoms with E-state index in [4.69, 9.17) is 28.4 Å². The zero-order valence-corrected chi connectivity index (χ0v) is 37.6. The molecule has 0 aliphatic carbocycles. The lowest BCUT2D eigenvalue weighted by molar-refractivity contribution is -0.332. The van der Waals surface area contributed by atoms with E-state index in [-0.39, 0.29) is 26.1 Å². The number of aliphatic hydroxyl groups is 7. The molecule has 2 saturated heterocycles. The first-order valence-electron chi connectivity index (χ1n) is 23.6. The first-order valence-corrected chi connectivity index (χ1v) is 23.6. The van der Waals surface area contributed by atoms with Crippen LogP contribution in [0.3, 0.4) is 0 Å². The fraction of sp³-hybridized carbons (Fsp3) is 0.830. The Morgan fingerprint density at radius 2 is 1.00 bits per heavy atom. The third-order valence-electron chi connectivity index (χ3n) is 11.1. The Bertz CT molecular complexity index is 1230. The predicted octanol–water partition coefficient (Wildman–Crippen LogP) is 5.37. The van der Waals surface area contributed by atoms with E-state index in [2.05, 4.69) is 50.3 Å². The Balaban J connectivity index is 1.86. The van der Waals surface area contributed by atoms with Crippen LogP contribution in [0.1, 0.15) is 155 Å². The van der Waals surface area contributed by atoms with Gasteiger partial charge in [0.25, 0.3) is 0 Å². The molecular formula is C47H82O15. The third kappa shape index (κ3) is 23.6. The molecule has 62 heavy (non-hydrogen) atoms. The van der Waals surface area contributed by atoms with Crippen LogP contribution in [0, 0.1) is 0 Å². The molecule has 11 atom stereocenters. The van der Waals surface area contributed by atoms with E-state index in [1.165, 1.54) is 25.7 Å². The average Bonchev–Trinajstić information content (AvgIpc) is 3.26. The van der Waals surface area contributed by atoms with Gasteiger partial charge in [-0.05, 0) is 64.2 Å². The number of carbonyl (C=O) groups excluding carboxylic acids is 2. The summed E-state index contributed by atoms with van der Waals surface area (Å²) in [5.74, 6) is -0.954. The first kappa shape index (κ1) is 55.9. The van der Waals surface area contributed by atoms with Gasteiger partial charge in [0.2, 0.25) is 0 Å². The molecule has 0 saturated carbocycles. The van der Waals surface area contributed by atoms with Gasteiger partial charge in [0, 0.05) is 12.8 Å². The minimum Gasteiger partial charge on any atom is -0.462 e. The van der Waals surface area contributed by atoms with E-state index in [0.29, 0.717) is 12.8 Å². The van der Waals surface area contributed by atoms with Crippen molar-refractivity contribution in [3.63, 3.8) is 0 Å². The highest BCUT2D eigenvalue weighted by Gasteiger charge is 2.47. The summed E-state index contributed by atoms with van der Waals surface area (Å²) in [6, 6.07) is 0. The molecule has 0 aromatic carbocycles. The maximum Gasteiger partial charge on any atom is 0.306 e. The molecule has 0 radical (unpaired) electrons. The Kier molecular flexibility index (Phi) is 31.6. The van der Waals surface area contributed by atoms with Crippen molar-refractivity contribution in [1.82, 2.24) is 0 Å². The first-order chi connectivity index (χ1) is 30.0. The number of unbranched alkanes of at least 4 members (excludes halogenated alkanes) is 15. The second-order valence-corrected chi connectivity index (χ2v) is 16.6. The molecule has 7 N–H and O–H groups in total. The van der Waals surface area contributed by atoms with Gasteiger partial charge >= 0.3 is 11.9 Å². The molecule has 15 nitrogen and oxygen atoms in total. The number of carbonyl (C=O) groups is 2. The van der Waals surface area contributed by atoms with Crippen molar-refractivity contribution >= 4 is 11.9 Å². The van der Waals surface area contributed by atoms with Crippen molar-refractivity contribution in [3.8, 4) is 0 Å². The normalized spacial score (nSPS) is 27.4. The molecule has 0 spiro atoms. The smallest absolute Gasteiger partial charge is 0.306 e. The van der Waals surface area contributed by atoms with Crippen molar-refractivity contribution in [1.29, 1.82) is 0 Å². The summed E-state index contributed by atoms with van der Waals surface area (Å²) in [6.45, 7) is 2.46. The van der Waals surface area contributed by atoms with Crippen molar-refractivity contribution in [2.24, 2.45) is 0 Å². The molecule has 2 fully saturated rings. The Morgan fingerprint density at radius 1 is 0.516 bits per heavy atom. The summed E-state index contributed by atoms with van der Waals surface area (Å²) in [6.07, 6.45) is 17.5. The van der Waals surface area contributed by atoms with Crippen LogP contribution in [0.2, 0.25) is 0 Å². The zero-order valence-electron chi connectivity index (χ0n) is 37.6. The summed E-state index contributed by atoms with van der Waals surface area (Å²) in [5.41, 5.74) is 0. The number of aliphatic hydroxyl groups excluding tert-OH is 7. The van der Waals surface area contributed by atoms with Crippen LogP contribution in [0.15, 0.2) is 36.5 Å². The van der Waals surface area contributed by atoms with Crippen LogP contribution in [0.4, 0.5) is 0 Å². The van der Waals surface area contributed by atoms with Crippen LogP contribution < -0.4 is 0 Å². The molecule has 360 valence electrons. The SMILES string of the molecule is CCC/C=C\C/C=C\CCCCCCCC(=O)OC(COC(=O)CCCCCCC/C=C\CCCCCC)COC1OC(COC2OC(CO)C(O)C(O)C2O)C(O)C(O)C1O. The highest BCUT2D eigenvalue weighted by molar-refractivity contribution is 5.70. The molecule has 2 heterocycles. The number of hydrogen-bond donors (Lipinski definition) is 7. The lowest BCUT2D eigenvalue weighted by Crippen LogP contribution is -2.61. The monoisotopic (exact) mass is 887 g/mol. The van der Waals surface area contributed by atoms with Gasteiger partial charge < -0.3 is 64.2 Å². The summed E-state index contributed by atoms with van der Waals surface area (Å²) >= 11 is 0. The van der Waals surface area contributed by atoms with Gasteiger partial charge in [0.1, 0.15) is 55.4 Å². The second kappa shape index (κ2) is 35.0. The van der Waals surface area contributed by atoms with Crippen LogP contribution in [0.25, 0.3) is 0 Å². The summed E-state index contributed by atoms with van der Waals surface area (Å²) in [7, 11) is 0. The Morgan fingerprint density at radius 3 is 1.58 bits per heavy atom. The molecule has 0 amide bonds. The highest BCUT2D eigenvalue weighted by Crippen LogP contribution is 2.26. The standard InChI is InChI=1S/C47H82O15/c1-3-5-7-9-11-13-15-17-19-21-23-25-27-29-38(49)57-32-35(60-39(50)30-28-26-24-22-20-18-16-14-12-10-8-6-4-2)33-58-46-45(56)43(54)41(52)37(62-46)34-59-47-44(55)42(53)40(51)36(31-48)61-47/h8,10,13-16,35-37,40-48,51-56H,3-7,9,11-12,17-34H2,1-2H3/b10-8-,15-13-,16-14-. The van der Waals surface area contributed by atoms with Crippen molar-refractivity contribution in [2.45, 2.75) is 223 Å². The molecule has 0 aromatic rings. The quantitative estimate of drug-likeness (QED) is 0.0241. The summed E-state index contributed by atoms with van der Waals surface area (Å²) < 4.78 is 33.4. The Labute approximate surface area is 370 Å². The van der Waals surface area contributed by atoms with E-state index >= 15 is 0 Å². The Hall–Kier alpha value is -2.28. The van der Waals surface area contributed by atoms with Crippen LogP contribution >= 0.6 is 0 Å². The van der Waals surface area contributed by atoms with Crippen molar-refractivity contribution in [2.75, 3.05) is 26.4 Å². The largest absolute Gasteiger partial charge is 0.462 e. The maximum atomic E-state index is 12.9.